The summed E-state index contributed by atoms with van der Waals surface area (Å²) < 4.78 is 120. The van der Waals surface area contributed by atoms with Crippen molar-refractivity contribution >= 4 is 22.4 Å². The number of hydrogen-bond donors (Lipinski definition) is 0. The first-order valence-corrected chi connectivity index (χ1v) is 13.2. The van der Waals surface area contributed by atoms with Crippen LogP contribution in [0.25, 0.3) is 59.2 Å². The molecule has 2 aliphatic carbocycles. The van der Waals surface area contributed by atoms with Gasteiger partial charge in [-0.05, 0) is 63.2 Å². The van der Waals surface area contributed by atoms with Crippen molar-refractivity contribution in [3.63, 3.8) is 0 Å². The predicted octanol–water partition coefficient (Wildman–Crippen LogP) is 9.91. The van der Waals surface area contributed by atoms with Crippen LogP contribution in [0.4, 0.5) is 35.1 Å². The van der Waals surface area contributed by atoms with Gasteiger partial charge in [0.2, 0.25) is 5.70 Å². The van der Waals surface area contributed by atoms with E-state index in [-0.39, 0.29) is 11.1 Å². The van der Waals surface area contributed by atoms with E-state index in [9.17, 15) is 42.1 Å². The van der Waals surface area contributed by atoms with Crippen molar-refractivity contribution in [3.05, 3.63) is 128 Å². The number of fused-ring (bicyclic) bond motifs is 2. The van der Waals surface area contributed by atoms with E-state index in [2.05, 4.69) is 24.0 Å². The third kappa shape index (κ3) is 5.60. The van der Waals surface area contributed by atoms with Gasteiger partial charge >= 0.3 is 12.7 Å². The van der Waals surface area contributed by atoms with Gasteiger partial charge in [0, 0.05) is 16.7 Å². The number of alkyl halides is 6. The fourth-order valence-electron chi connectivity index (χ4n) is 5.62. The average molecular weight is 684 g/mol. The molecule has 3 aromatic rings. The van der Waals surface area contributed by atoms with E-state index in [0.717, 1.165) is 48.5 Å². The molecule has 0 saturated carbocycles. The average Bonchev–Trinajstić information content (AvgIpc) is 3.49. The van der Waals surface area contributed by atoms with Gasteiger partial charge in [0.25, 0.3) is 11.4 Å². The second-order valence-corrected chi connectivity index (χ2v) is 9.87. The van der Waals surface area contributed by atoms with Gasteiger partial charge in [0.15, 0.2) is 0 Å². The molecule has 0 radical (unpaired) electrons. The van der Waals surface area contributed by atoms with Gasteiger partial charge in [-0.15, -0.1) is 26.3 Å². The molecule has 0 amide bonds. The van der Waals surface area contributed by atoms with E-state index in [0.29, 0.717) is 0 Å². The highest BCUT2D eigenvalue weighted by Gasteiger charge is 2.44. The monoisotopic (exact) mass is 684 g/mol. The smallest absolute Gasteiger partial charge is 0.406 e. The van der Waals surface area contributed by atoms with Crippen LogP contribution in [0.2, 0.25) is 0 Å². The molecule has 50 heavy (non-hydrogen) atoms. The minimum absolute atomic E-state index is 0.372. The second kappa shape index (κ2) is 12.3. The normalized spacial score (nSPS) is 15.4. The minimum Gasteiger partial charge on any atom is -0.406 e. The van der Waals surface area contributed by atoms with Crippen molar-refractivity contribution in [2.24, 2.45) is 0 Å². The number of benzene rings is 3. The van der Waals surface area contributed by atoms with Crippen LogP contribution in [0.1, 0.15) is 22.3 Å². The van der Waals surface area contributed by atoms with Crippen LogP contribution < -0.4 is 9.47 Å². The van der Waals surface area contributed by atoms with Crippen LogP contribution in [0.3, 0.4) is 0 Å². The number of rotatable bonds is 4. The third-order valence-corrected chi connectivity index (χ3v) is 7.20. The molecule has 0 heterocycles. The molecule has 0 aliphatic heterocycles. The molecule has 0 fully saturated rings. The summed E-state index contributed by atoms with van der Waals surface area (Å²) in [5.41, 5.74) is -9.91. The predicted molar refractivity (Wildman–Crippen MR) is 157 cm³/mol. The third-order valence-electron chi connectivity index (χ3n) is 7.20. The number of nitriles is 3. The van der Waals surface area contributed by atoms with Crippen molar-refractivity contribution in [3.8, 4) is 52.0 Å². The lowest BCUT2D eigenvalue weighted by Gasteiger charge is -2.23. The zero-order valence-electron chi connectivity index (χ0n) is 24.1. The summed E-state index contributed by atoms with van der Waals surface area (Å²) in [5.74, 6) is -4.78. The highest BCUT2D eigenvalue weighted by atomic mass is 19.4. The first-order valence-electron chi connectivity index (χ1n) is 13.2. The van der Waals surface area contributed by atoms with Gasteiger partial charge in [-0.3, -0.25) is 0 Å². The van der Waals surface area contributed by atoms with Crippen LogP contribution >= 0.6 is 0 Å². The lowest BCUT2D eigenvalue weighted by Crippen LogP contribution is -2.17. The molecular formula is C34H8F8N6O2. The maximum Gasteiger partial charge on any atom is 0.573 e. The van der Waals surface area contributed by atoms with Crippen LogP contribution in [0.5, 0.6) is 11.5 Å². The molecule has 0 aromatic heterocycles. The fraction of sp³-hybridized carbons (Fsp3) is 0.0588. The van der Waals surface area contributed by atoms with Gasteiger partial charge in [-0.1, -0.05) is 24.3 Å². The minimum atomic E-state index is -5.24. The molecule has 242 valence electrons. The molecule has 0 bridgehead atoms. The van der Waals surface area contributed by atoms with Crippen LogP contribution in [0, 0.1) is 53.7 Å². The molecule has 16 heteroatoms. The Labute approximate surface area is 275 Å². The Hall–Kier alpha value is -7.40. The lowest BCUT2D eigenvalue weighted by atomic mass is 9.79. The summed E-state index contributed by atoms with van der Waals surface area (Å²) >= 11 is 0. The number of halogens is 8. The van der Waals surface area contributed by atoms with Gasteiger partial charge < -0.3 is 9.47 Å². The number of ether oxygens (including phenoxy) is 2. The number of hydrogen-bond acceptors (Lipinski definition) is 5. The molecule has 3 aromatic carbocycles. The molecular weight excluding hydrogens is 676 g/mol. The number of nitrogens with zero attached hydrogens (tertiary/aromatic N) is 6. The van der Waals surface area contributed by atoms with Crippen molar-refractivity contribution in [1.29, 1.82) is 15.8 Å². The van der Waals surface area contributed by atoms with Crippen molar-refractivity contribution in [2.75, 3.05) is 0 Å². The Bertz CT molecular complexity index is 2240. The lowest BCUT2D eigenvalue weighted by molar-refractivity contribution is -0.275. The fourth-order valence-corrected chi connectivity index (χ4v) is 5.62. The van der Waals surface area contributed by atoms with Gasteiger partial charge in [-0.25, -0.2) is 33.8 Å². The van der Waals surface area contributed by atoms with E-state index < -0.39 is 103 Å². The molecule has 0 N–H and O–H groups in total. The van der Waals surface area contributed by atoms with E-state index in [1.54, 1.807) is 6.07 Å². The molecule has 8 nitrogen and oxygen atoms in total. The maximum absolute atomic E-state index is 16.4. The maximum atomic E-state index is 16.4. The second-order valence-electron chi connectivity index (χ2n) is 9.87. The van der Waals surface area contributed by atoms with Crippen LogP contribution in [0.15, 0.2) is 71.6 Å². The summed E-state index contributed by atoms with van der Waals surface area (Å²) in [7, 11) is 0. The van der Waals surface area contributed by atoms with E-state index in [1.165, 1.54) is 12.1 Å². The first kappa shape index (κ1) is 33.9. The van der Waals surface area contributed by atoms with Gasteiger partial charge in [0.05, 0.1) is 37.4 Å². The quantitative estimate of drug-likeness (QED) is 0.155. The van der Waals surface area contributed by atoms with Crippen molar-refractivity contribution in [1.82, 2.24) is 0 Å². The Morgan fingerprint density at radius 1 is 0.620 bits per heavy atom. The first-order chi connectivity index (χ1) is 23.6. The molecule has 0 atom stereocenters. The Balaban J connectivity index is 2.16. The number of allylic oxidation sites excluding steroid dienone is 7. The van der Waals surface area contributed by atoms with Crippen LogP contribution in [-0.4, -0.2) is 12.7 Å². The van der Waals surface area contributed by atoms with E-state index >= 15 is 8.78 Å². The molecule has 0 spiro atoms. The Morgan fingerprint density at radius 2 is 1.06 bits per heavy atom. The van der Waals surface area contributed by atoms with Gasteiger partial charge in [-0.2, -0.15) is 5.26 Å². The van der Waals surface area contributed by atoms with E-state index in [4.69, 9.17) is 19.7 Å². The molecule has 0 saturated heterocycles. The highest BCUT2D eigenvalue weighted by Crippen LogP contribution is 2.60. The Morgan fingerprint density at radius 3 is 1.46 bits per heavy atom. The molecule has 5 rings (SSSR count). The largest absolute Gasteiger partial charge is 0.573 e. The molecule has 2 aliphatic rings. The topological polar surface area (TPSA) is 103 Å². The highest BCUT2D eigenvalue weighted by molar-refractivity contribution is 6.20. The zero-order valence-corrected chi connectivity index (χ0v) is 24.1. The summed E-state index contributed by atoms with van der Waals surface area (Å²) in [6.45, 7) is 22.9. The van der Waals surface area contributed by atoms with Gasteiger partial charge in [0.1, 0.15) is 29.2 Å². The zero-order chi connectivity index (χ0) is 36.7. The Kier molecular flexibility index (Phi) is 8.37. The van der Waals surface area contributed by atoms with Crippen molar-refractivity contribution < 1.29 is 44.6 Å². The van der Waals surface area contributed by atoms with E-state index in [1.807, 2.05) is 0 Å². The standard InChI is InChI=1S/C34H8F8N6O2/c1-46-20(13-44)25-27-23(16-7-5-9-18(11-16)50-34(40,41)42)29-28(26(21(14-45)47-2)31(36)32(29)48-3)22(24(27)19(12-43)30(25)35)15-6-4-8-17(10-15)49-33(37,38)39/h4-11H/b25-20+,26-21-. The summed E-state index contributed by atoms with van der Waals surface area (Å²) in [5, 5.41) is 29.8. The van der Waals surface area contributed by atoms with Crippen molar-refractivity contribution in [2.45, 2.75) is 12.7 Å². The SMILES string of the molecule is [C-]#[N+]C1=C(F)/C(=C(/C#N)[N+]#[C-])c2c1c(-c1cccc(OC(F)(F)F)c1)c1c(c2-c2cccc(OC(F)(F)F)c2)C(C#N)=C(F)/C1=C(\C#N)[N+]#[C-]. The summed E-state index contributed by atoms with van der Waals surface area (Å²) in [6, 6.07) is 11.9. The van der Waals surface area contributed by atoms with Crippen LogP contribution in [-0.2, 0) is 0 Å². The summed E-state index contributed by atoms with van der Waals surface area (Å²) in [4.78, 5) is 9.20. The molecule has 0 unspecified atom stereocenters. The summed E-state index contributed by atoms with van der Waals surface area (Å²) in [6.07, 6.45) is -10.5.